The van der Waals surface area contributed by atoms with Crippen LogP contribution in [0.2, 0.25) is 10.0 Å². The van der Waals surface area contributed by atoms with Gasteiger partial charge in [-0.3, -0.25) is 4.79 Å². The van der Waals surface area contributed by atoms with Gasteiger partial charge in [-0.2, -0.15) is 0 Å². The third-order valence-electron chi connectivity index (χ3n) is 3.77. The van der Waals surface area contributed by atoms with Crippen LogP contribution in [0.1, 0.15) is 26.7 Å². The quantitative estimate of drug-likeness (QED) is 0.347. The highest BCUT2D eigenvalue weighted by Crippen LogP contribution is 2.27. The maximum atomic E-state index is 12.1. The molecule has 0 heterocycles. The molecule has 7 nitrogen and oxygen atoms in total. The number of carbonyl (C=O) groups is 1. The van der Waals surface area contributed by atoms with Crippen LogP contribution in [0.15, 0.2) is 47.4 Å². The Balaban J connectivity index is 1.75. The van der Waals surface area contributed by atoms with Crippen molar-refractivity contribution in [1.29, 1.82) is 0 Å². The summed E-state index contributed by atoms with van der Waals surface area (Å²) in [5, 5.41) is 6.45. The van der Waals surface area contributed by atoms with Crippen LogP contribution >= 0.6 is 35.4 Å². The monoisotopic (exact) mass is 503 g/mol. The van der Waals surface area contributed by atoms with E-state index in [-0.39, 0.29) is 28.4 Å². The summed E-state index contributed by atoms with van der Waals surface area (Å²) in [4.78, 5) is 12.2. The average Bonchev–Trinajstić information content (AvgIpc) is 2.66. The number of benzene rings is 2. The molecule has 0 atom stereocenters. The van der Waals surface area contributed by atoms with E-state index in [2.05, 4.69) is 15.4 Å². The minimum atomic E-state index is -3.57. The molecule has 1 amide bonds. The smallest absolute Gasteiger partial charge is 0.240 e. The van der Waals surface area contributed by atoms with Gasteiger partial charge in [-0.1, -0.05) is 23.2 Å². The summed E-state index contributed by atoms with van der Waals surface area (Å²) in [5.74, 6) is 0.223. The molecule has 0 saturated carbocycles. The van der Waals surface area contributed by atoms with Crippen molar-refractivity contribution in [2.24, 2.45) is 0 Å². The van der Waals surface area contributed by atoms with Crippen LogP contribution in [0.3, 0.4) is 0 Å². The van der Waals surface area contributed by atoms with E-state index in [9.17, 15) is 13.2 Å². The molecule has 0 unspecified atom stereocenters. The van der Waals surface area contributed by atoms with Gasteiger partial charge in [-0.15, -0.1) is 0 Å². The standard InChI is InChI=1S/C20H23Cl2N3O4S2/c1-13(2)25-31(27,28)16-8-6-15(7-9-16)23-20(30)24-19(26)4-3-11-29-18-10-5-14(21)12-17(18)22/h5-10,12-13,25H,3-4,11H2,1-2H3,(H2,23,24,26,30). The van der Waals surface area contributed by atoms with Gasteiger partial charge >= 0.3 is 0 Å². The van der Waals surface area contributed by atoms with Crippen molar-refractivity contribution in [3.8, 4) is 5.75 Å². The van der Waals surface area contributed by atoms with E-state index < -0.39 is 10.0 Å². The number of amides is 1. The van der Waals surface area contributed by atoms with Crippen molar-refractivity contribution >= 4 is 62.2 Å². The lowest BCUT2D eigenvalue weighted by Gasteiger charge is -2.12. The molecule has 2 aromatic rings. The van der Waals surface area contributed by atoms with Gasteiger partial charge in [0, 0.05) is 23.2 Å². The van der Waals surface area contributed by atoms with Crippen molar-refractivity contribution in [1.82, 2.24) is 10.0 Å². The molecule has 0 aliphatic carbocycles. The Hall–Kier alpha value is -1.91. The van der Waals surface area contributed by atoms with Gasteiger partial charge in [0.05, 0.1) is 16.5 Å². The highest BCUT2D eigenvalue weighted by molar-refractivity contribution is 7.89. The van der Waals surface area contributed by atoms with Crippen molar-refractivity contribution in [2.75, 3.05) is 11.9 Å². The summed E-state index contributed by atoms with van der Waals surface area (Å²) in [5.41, 5.74) is 0.550. The molecule has 31 heavy (non-hydrogen) atoms. The Morgan fingerprint density at radius 2 is 1.81 bits per heavy atom. The molecule has 0 saturated heterocycles. The maximum Gasteiger partial charge on any atom is 0.240 e. The molecule has 0 spiro atoms. The lowest BCUT2D eigenvalue weighted by Crippen LogP contribution is -2.34. The first kappa shape index (κ1) is 25.4. The van der Waals surface area contributed by atoms with Crippen LogP contribution in [0.4, 0.5) is 5.69 Å². The van der Waals surface area contributed by atoms with Gasteiger partial charge < -0.3 is 15.4 Å². The van der Waals surface area contributed by atoms with Crippen molar-refractivity contribution in [3.05, 3.63) is 52.5 Å². The molecule has 11 heteroatoms. The maximum absolute atomic E-state index is 12.1. The molecule has 0 bridgehead atoms. The van der Waals surface area contributed by atoms with E-state index in [0.717, 1.165) is 0 Å². The van der Waals surface area contributed by atoms with Crippen LogP contribution in [0, 0.1) is 0 Å². The first-order chi connectivity index (χ1) is 14.6. The van der Waals surface area contributed by atoms with E-state index in [4.69, 9.17) is 40.2 Å². The van der Waals surface area contributed by atoms with Crippen molar-refractivity contribution < 1.29 is 17.9 Å². The predicted octanol–water partition coefficient (Wildman–Crippen LogP) is 4.35. The van der Waals surface area contributed by atoms with Gasteiger partial charge in [-0.25, -0.2) is 13.1 Å². The summed E-state index contributed by atoms with van der Waals surface area (Å²) < 4.78 is 32.3. The fraction of sp³-hybridized carbons (Fsp3) is 0.300. The van der Waals surface area contributed by atoms with Gasteiger partial charge in [0.15, 0.2) is 5.11 Å². The SMILES string of the molecule is CC(C)NS(=O)(=O)c1ccc(NC(=S)NC(=O)CCCOc2ccc(Cl)cc2Cl)cc1. The van der Waals surface area contributed by atoms with E-state index in [1.54, 1.807) is 44.2 Å². The van der Waals surface area contributed by atoms with Crippen LogP contribution in [-0.2, 0) is 14.8 Å². The lowest BCUT2D eigenvalue weighted by molar-refractivity contribution is -0.119. The number of carbonyl (C=O) groups excluding carboxylic acids is 1. The van der Waals surface area contributed by atoms with Gasteiger partial charge in [0.2, 0.25) is 15.9 Å². The Bertz CT molecular complexity index is 1030. The normalized spacial score (nSPS) is 11.3. The van der Waals surface area contributed by atoms with E-state index in [1.807, 2.05) is 0 Å². The lowest BCUT2D eigenvalue weighted by atomic mass is 10.3. The summed E-state index contributed by atoms with van der Waals surface area (Å²) >= 11 is 17.0. The number of ether oxygens (including phenoxy) is 1. The van der Waals surface area contributed by atoms with E-state index >= 15 is 0 Å². The molecular formula is C20H23Cl2N3O4S2. The van der Waals surface area contributed by atoms with Gasteiger partial charge in [-0.05, 0) is 75.0 Å². The zero-order valence-electron chi connectivity index (χ0n) is 16.9. The van der Waals surface area contributed by atoms with E-state index in [1.165, 1.54) is 12.1 Å². The number of halogens is 2. The molecule has 2 rings (SSSR count). The first-order valence-corrected chi connectivity index (χ1v) is 12.0. The Kier molecular flexibility index (Phi) is 9.52. The minimum Gasteiger partial charge on any atom is -0.492 e. The number of anilines is 1. The topological polar surface area (TPSA) is 96.5 Å². The second-order valence-corrected chi connectivity index (χ2v) is 9.80. The Labute approximate surface area is 197 Å². The molecule has 0 aromatic heterocycles. The fourth-order valence-corrected chi connectivity index (χ4v) is 4.40. The molecular weight excluding hydrogens is 481 g/mol. The first-order valence-electron chi connectivity index (χ1n) is 9.38. The number of nitrogens with one attached hydrogen (secondary N) is 3. The minimum absolute atomic E-state index is 0.113. The summed E-state index contributed by atoms with van der Waals surface area (Å²) in [7, 11) is -3.57. The molecule has 0 aliphatic rings. The summed E-state index contributed by atoms with van der Waals surface area (Å²) in [6, 6.07) is 10.8. The van der Waals surface area contributed by atoms with Crippen LogP contribution in [-0.4, -0.2) is 32.1 Å². The number of rotatable bonds is 9. The van der Waals surface area contributed by atoms with Crippen molar-refractivity contribution in [3.63, 3.8) is 0 Å². The van der Waals surface area contributed by atoms with E-state index in [0.29, 0.717) is 34.5 Å². The number of hydrogen-bond donors (Lipinski definition) is 3. The molecule has 168 valence electrons. The predicted molar refractivity (Wildman–Crippen MR) is 127 cm³/mol. The highest BCUT2D eigenvalue weighted by atomic mass is 35.5. The number of thiocarbonyl (C=S) groups is 1. The highest BCUT2D eigenvalue weighted by Gasteiger charge is 2.15. The van der Waals surface area contributed by atoms with Crippen molar-refractivity contribution in [2.45, 2.75) is 37.6 Å². The largest absolute Gasteiger partial charge is 0.492 e. The fourth-order valence-electron chi connectivity index (χ4n) is 2.45. The average molecular weight is 504 g/mol. The second kappa shape index (κ2) is 11.6. The molecule has 2 aromatic carbocycles. The number of hydrogen-bond acceptors (Lipinski definition) is 5. The third kappa shape index (κ3) is 8.62. The summed E-state index contributed by atoms with van der Waals surface area (Å²) in [6.07, 6.45) is 0.661. The Morgan fingerprint density at radius 3 is 2.42 bits per heavy atom. The van der Waals surface area contributed by atoms with Gasteiger partial charge in [0.1, 0.15) is 5.75 Å². The molecule has 0 fully saturated rings. The van der Waals surface area contributed by atoms with Crippen LogP contribution < -0.4 is 20.1 Å². The third-order valence-corrected chi connectivity index (χ3v) is 6.18. The van der Waals surface area contributed by atoms with Gasteiger partial charge in [0.25, 0.3) is 0 Å². The summed E-state index contributed by atoms with van der Waals surface area (Å²) in [6.45, 7) is 3.79. The van der Waals surface area contributed by atoms with Crippen LogP contribution in [0.25, 0.3) is 0 Å². The molecule has 3 N–H and O–H groups in total. The second-order valence-electron chi connectivity index (χ2n) is 6.83. The number of sulfonamides is 1. The van der Waals surface area contributed by atoms with Crippen LogP contribution in [0.5, 0.6) is 5.75 Å². The zero-order chi connectivity index (χ0) is 23.0. The Morgan fingerprint density at radius 1 is 1.13 bits per heavy atom. The molecule has 0 aliphatic heterocycles. The molecule has 0 radical (unpaired) electrons. The zero-order valence-corrected chi connectivity index (χ0v) is 20.1.